The van der Waals surface area contributed by atoms with Crippen molar-refractivity contribution in [2.24, 2.45) is 29.1 Å². The van der Waals surface area contributed by atoms with Gasteiger partial charge in [0.05, 0.1) is 39.6 Å². The van der Waals surface area contributed by atoms with Crippen LogP contribution in [0.4, 0.5) is 15.8 Å². The second-order valence-corrected chi connectivity index (χ2v) is 13.1. The average molecular weight is 646 g/mol. The van der Waals surface area contributed by atoms with Crippen molar-refractivity contribution in [2.45, 2.75) is 25.7 Å². The molecule has 2 aliphatic heterocycles. The molecule has 1 saturated carbocycles. The number of hydrogen-bond acceptors (Lipinski definition) is 5. The number of nitrogens with zero attached hydrogens (tertiary/aromatic N) is 2. The molecule has 4 amide bonds. The van der Waals surface area contributed by atoms with Crippen molar-refractivity contribution >= 4 is 64.3 Å². The summed E-state index contributed by atoms with van der Waals surface area (Å²) in [7, 11) is 0. The molecule has 7 rings (SSSR count). The summed E-state index contributed by atoms with van der Waals surface area (Å²) in [4.78, 5) is 58.9. The summed E-state index contributed by atoms with van der Waals surface area (Å²) >= 11 is 12.8. The van der Waals surface area contributed by atoms with Crippen molar-refractivity contribution in [3.63, 3.8) is 0 Å². The summed E-state index contributed by atoms with van der Waals surface area (Å²) in [5, 5.41) is 10.1. The molecule has 10 heteroatoms. The minimum absolute atomic E-state index is 0.0680. The standard InChI is InChI=1S/C35H27Cl2FN2O5/c1-3-17-4-6-18(7-5-17)39-31(42)23-12-11-21-24(29(23)33(39)44)16-25-32(43)40(19-8-13-28(38)27(37)14-19)34(45)35(25,2)30(21)22-10-9-20(41)15-26(22)36/h3-11,13-15,23-25,29-30,41H,1,12,16H2,2H3/t23-,24+,25-,29-,30+,35+/m0/s1. The molecule has 3 fully saturated rings. The Morgan fingerprint density at radius 3 is 2.27 bits per heavy atom. The van der Waals surface area contributed by atoms with Gasteiger partial charge in [0.25, 0.3) is 0 Å². The number of halogens is 3. The fourth-order valence-electron chi connectivity index (χ4n) is 7.99. The molecule has 4 aliphatic rings. The van der Waals surface area contributed by atoms with Crippen molar-refractivity contribution in [2.75, 3.05) is 9.80 Å². The smallest absolute Gasteiger partial charge is 0.241 e. The highest BCUT2D eigenvalue weighted by molar-refractivity contribution is 6.32. The van der Waals surface area contributed by atoms with Crippen LogP contribution in [-0.4, -0.2) is 28.7 Å². The summed E-state index contributed by atoms with van der Waals surface area (Å²) < 4.78 is 14.1. The lowest BCUT2D eigenvalue weighted by atomic mass is 9.51. The lowest BCUT2D eigenvalue weighted by Crippen LogP contribution is -2.49. The molecule has 0 bridgehead atoms. The van der Waals surface area contributed by atoms with E-state index in [1.54, 1.807) is 43.3 Å². The van der Waals surface area contributed by atoms with Gasteiger partial charge < -0.3 is 5.11 Å². The van der Waals surface area contributed by atoms with E-state index < -0.39 is 52.6 Å². The van der Waals surface area contributed by atoms with Crippen molar-refractivity contribution in [3.05, 3.63) is 106 Å². The fraction of sp³-hybridized carbons (Fsp3) is 0.257. The van der Waals surface area contributed by atoms with Crippen molar-refractivity contribution < 1.29 is 28.7 Å². The highest BCUT2D eigenvalue weighted by Crippen LogP contribution is 2.64. The first kappa shape index (κ1) is 29.4. The molecule has 0 unspecified atom stereocenters. The van der Waals surface area contributed by atoms with Gasteiger partial charge in [0.15, 0.2) is 0 Å². The third kappa shape index (κ3) is 4.15. The topological polar surface area (TPSA) is 95.0 Å². The minimum Gasteiger partial charge on any atom is -0.508 e. The Balaban J connectivity index is 1.36. The number of phenolic OH excluding ortho intramolecular Hbond substituents is 1. The van der Waals surface area contributed by atoms with Gasteiger partial charge in [0.1, 0.15) is 11.6 Å². The van der Waals surface area contributed by atoms with Crippen LogP contribution in [0.15, 0.2) is 78.9 Å². The summed E-state index contributed by atoms with van der Waals surface area (Å²) in [6.07, 6.45) is 4.01. The van der Waals surface area contributed by atoms with E-state index in [0.29, 0.717) is 11.3 Å². The molecule has 45 heavy (non-hydrogen) atoms. The Labute approximate surface area is 268 Å². The summed E-state index contributed by atoms with van der Waals surface area (Å²) in [6, 6.07) is 15.1. The third-order valence-corrected chi connectivity index (χ3v) is 10.7. The van der Waals surface area contributed by atoms with Gasteiger partial charge in [-0.15, -0.1) is 0 Å². The minimum atomic E-state index is -1.35. The number of carbonyl (C=O) groups is 4. The second-order valence-electron chi connectivity index (χ2n) is 12.3. The van der Waals surface area contributed by atoms with Crippen LogP contribution in [0.5, 0.6) is 5.75 Å². The normalized spacial score (nSPS) is 29.0. The molecular formula is C35H27Cl2FN2O5. The number of imide groups is 2. The van der Waals surface area contributed by atoms with Gasteiger partial charge >= 0.3 is 0 Å². The van der Waals surface area contributed by atoms with Crippen LogP contribution < -0.4 is 9.80 Å². The van der Waals surface area contributed by atoms with Crippen molar-refractivity contribution in [1.82, 2.24) is 0 Å². The summed E-state index contributed by atoms with van der Waals surface area (Å²) in [5.74, 6) is -6.01. The fourth-order valence-corrected chi connectivity index (χ4v) is 8.45. The van der Waals surface area contributed by atoms with Gasteiger partial charge in [0.2, 0.25) is 23.6 Å². The molecule has 1 N–H and O–H groups in total. The van der Waals surface area contributed by atoms with E-state index in [9.17, 15) is 28.7 Å². The van der Waals surface area contributed by atoms with E-state index in [2.05, 4.69) is 6.58 Å². The van der Waals surface area contributed by atoms with E-state index in [1.165, 1.54) is 29.2 Å². The summed E-state index contributed by atoms with van der Waals surface area (Å²) in [5.41, 5.74) is 1.36. The maximum atomic E-state index is 14.5. The Kier molecular flexibility index (Phi) is 6.80. The number of fused-ring (bicyclic) bond motifs is 4. The van der Waals surface area contributed by atoms with Crippen molar-refractivity contribution in [3.8, 4) is 5.75 Å². The highest BCUT2D eigenvalue weighted by atomic mass is 35.5. The zero-order valence-corrected chi connectivity index (χ0v) is 25.6. The molecule has 0 aromatic heterocycles. The first-order chi connectivity index (χ1) is 21.5. The second kappa shape index (κ2) is 10.4. The third-order valence-electron chi connectivity index (χ3n) is 10.1. The molecule has 7 nitrogen and oxygen atoms in total. The molecule has 2 saturated heterocycles. The largest absolute Gasteiger partial charge is 0.508 e. The quantitative estimate of drug-likeness (QED) is 0.246. The van der Waals surface area contributed by atoms with Gasteiger partial charge in [-0.3, -0.25) is 24.1 Å². The molecule has 3 aromatic carbocycles. The lowest BCUT2D eigenvalue weighted by Gasteiger charge is -2.49. The van der Waals surface area contributed by atoms with E-state index in [-0.39, 0.29) is 46.1 Å². The van der Waals surface area contributed by atoms with Crippen LogP contribution in [0.1, 0.15) is 36.8 Å². The first-order valence-corrected chi connectivity index (χ1v) is 15.3. The zero-order chi connectivity index (χ0) is 31.9. The summed E-state index contributed by atoms with van der Waals surface area (Å²) in [6.45, 7) is 5.47. The number of hydrogen-bond donors (Lipinski definition) is 1. The molecule has 228 valence electrons. The molecule has 6 atom stereocenters. The molecule has 0 spiro atoms. The van der Waals surface area contributed by atoms with Crippen LogP contribution in [-0.2, 0) is 19.2 Å². The van der Waals surface area contributed by atoms with Crippen molar-refractivity contribution in [1.29, 1.82) is 0 Å². The van der Waals surface area contributed by atoms with Gasteiger partial charge in [-0.25, -0.2) is 9.29 Å². The molecule has 2 heterocycles. The van der Waals surface area contributed by atoms with Gasteiger partial charge in [-0.1, -0.05) is 65.7 Å². The lowest BCUT2D eigenvalue weighted by molar-refractivity contribution is -0.131. The van der Waals surface area contributed by atoms with Crippen LogP contribution in [0.25, 0.3) is 6.08 Å². The zero-order valence-electron chi connectivity index (χ0n) is 24.0. The number of rotatable bonds is 4. The molecular weight excluding hydrogens is 618 g/mol. The van der Waals surface area contributed by atoms with E-state index in [4.69, 9.17) is 23.2 Å². The Bertz CT molecular complexity index is 1870. The number of allylic oxidation sites excluding steroid dienone is 2. The SMILES string of the molecule is C=Cc1ccc(N2C(=O)[C@H]3[C@H](CC=C4[C@H]3C[C@H]3C(=O)N(c5ccc(F)c(Cl)c5)C(=O)[C@@]3(C)[C@H]4c3ccc(O)cc3Cl)C2=O)cc1. The van der Waals surface area contributed by atoms with Gasteiger partial charge in [0, 0.05) is 10.9 Å². The van der Waals surface area contributed by atoms with E-state index in [0.717, 1.165) is 22.1 Å². The Morgan fingerprint density at radius 2 is 1.60 bits per heavy atom. The number of aromatic hydroxyl groups is 1. The van der Waals surface area contributed by atoms with E-state index >= 15 is 0 Å². The van der Waals surface area contributed by atoms with Crippen LogP contribution in [0.2, 0.25) is 10.0 Å². The monoisotopic (exact) mass is 644 g/mol. The maximum absolute atomic E-state index is 14.5. The van der Waals surface area contributed by atoms with Crippen LogP contribution in [0.3, 0.4) is 0 Å². The molecule has 3 aromatic rings. The molecule has 2 aliphatic carbocycles. The van der Waals surface area contributed by atoms with E-state index in [1.807, 2.05) is 6.08 Å². The maximum Gasteiger partial charge on any atom is 0.241 e. The first-order valence-electron chi connectivity index (χ1n) is 14.6. The predicted molar refractivity (Wildman–Crippen MR) is 168 cm³/mol. The number of phenols is 1. The van der Waals surface area contributed by atoms with Crippen LogP contribution >= 0.6 is 23.2 Å². The Hall–Kier alpha value is -4.27. The predicted octanol–water partition coefficient (Wildman–Crippen LogP) is 6.92. The number of anilines is 2. The number of amides is 4. The Morgan fingerprint density at radius 1 is 0.889 bits per heavy atom. The van der Waals surface area contributed by atoms with Crippen LogP contribution in [0, 0.1) is 34.9 Å². The number of carbonyl (C=O) groups excluding carboxylic acids is 4. The average Bonchev–Trinajstić information content (AvgIpc) is 3.39. The van der Waals surface area contributed by atoms with Gasteiger partial charge in [-0.2, -0.15) is 0 Å². The molecule has 0 radical (unpaired) electrons. The number of benzene rings is 3. The van der Waals surface area contributed by atoms with Gasteiger partial charge in [-0.05, 0) is 79.3 Å². The highest BCUT2D eigenvalue weighted by Gasteiger charge is 2.67.